The topological polar surface area (TPSA) is 50.2 Å². The molecule has 1 aromatic heterocycles. The highest BCUT2D eigenvalue weighted by molar-refractivity contribution is 5.98. The molecule has 0 saturated heterocycles. The molecule has 0 saturated carbocycles. The van der Waals surface area contributed by atoms with Gasteiger partial charge in [-0.1, -0.05) is 24.3 Å². The molecular weight excluding hydrogens is 250 g/mol. The van der Waals surface area contributed by atoms with Gasteiger partial charge in [-0.05, 0) is 47.2 Å². The standard InChI is InChI=1S/C17H13NO2/c1-11-5-6-13(17(19)20)9-15(11)14-4-2-3-12-7-8-18-10-16(12)14/h2-10H,1H3,(H,19,20). The monoisotopic (exact) mass is 263 g/mol. The fourth-order valence-electron chi connectivity index (χ4n) is 2.39. The maximum absolute atomic E-state index is 11.1. The lowest BCUT2D eigenvalue weighted by atomic mass is 9.94. The summed E-state index contributed by atoms with van der Waals surface area (Å²) in [5.41, 5.74) is 3.29. The Morgan fingerprint density at radius 3 is 2.75 bits per heavy atom. The Balaban J connectivity index is 2.30. The SMILES string of the molecule is Cc1ccc(C(=O)O)cc1-c1cccc2ccncc12. The third kappa shape index (κ3) is 2.03. The molecule has 0 amide bonds. The van der Waals surface area contributed by atoms with E-state index in [0.717, 1.165) is 27.5 Å². The predicted molar refractivity (Wildman–Crippen MR) is 78.9 cm³/mol. The highest BCUT2D eigenvalue weighted by Gasteiger charge is 2.10. The fourth-order valence-corrected chi connectivity index (χ4v) is 2.39. The molecule has 98 valence electrons. The zero-order valence-corrected chi connectivity index (χ0v) is 11.0. The lowest BCUT2D eigenvalue weighted by Crippen LogP contribution is -1.97. The van der Waals surface area contributed by atoms with Gasteiger partial charge in [0.25, 0.3) is 0 Å². The van der Waals surface area contributed by atoms with E-state index in [1.54, 1.807) is 18.3 Å². The Bertz CT molecular complexity index is 804. The maximum Gasteiger partial charge on any atom is 0.335 e. The molecule has 0 bridgehead atoms. The van der Waals surface area contributed by atoms with Gasteiger partial charge in [-0.3, -0.25) is 4.98 Å². The first-order valence-electron chi connectivity index (χ1n) is 6.34. The Morgan fingerprint density at radius 2 is 1.95 bits per heavy atom. The van der Waals surface area contributed by atoms with Crippen LogP contribution in [0.25, 0.3) is 21.9 Å². The zero-order valence-electron chi connectivity index (χ0n) is 11.0. The van der Waals surface area contributed by atoms with Crippen LogP contribution in [0.1, 0.15) is 15.9 Å². The van der Waals surface area contributed by atoms with Gasteiger partial charge in [-0.15, -0.1) is 0 Å². The maximum atomic E-state index is 11.1. The second-order valence-corrected chi connectivity index (χ2v) is 4.74. The summed E-state index contributed by atoms with van der Waals surface area (Å²) in [4.78, 5) is 15.3. The number of aromatic nitrogens is 1. The van der Waals surface area contributed by atoms with E-state index in [0.29, 0.717) is 5.56 Å². The van der Waals surface area contributed by atoms with Gasteiger partial charge in [-0.25, -0.2) is 4.79 Å². The molecule has 0 radical (unpaired) electrons. The summed E-state index contributed by atoms with van der Waals surface area (Å²) in [6, 6.07) is 13.1. The molecule has 0 fully saturated rings. The van der Waals surface area contributed by atoms with Crippen LogP contribution in [-0.2, 0) is 0 Å². The van der Waals surface area contributed by atoms with Crippen molar-refractivity contribution in [3.63, 3.8) is 0 Å². The van der Waals surface area contributed by atoms with Crippen molar-refractivity contribution in [2.45, 2.75) is 6.92 Å². The summed E-state index contributed by atoms with van der Waals surface area (Å²) >= 11 is 0. The molecule has 3 nitrogen and oxygen atoms in total. The number of carboxylic acids is 1. The summed E-state index contributed by atoms with van der Waals surface area (Å²) < 4.78 is 0. The molecule has 0 aliphatic rings. The van der Waals surface area contributed by atoms with Crippen molar-refractivity contribution in [2.75, 3.05) is 0 Å². The Kier molecular flexibility index (Phi) is 2.95. The van der Waals surface area contributed by atoms with Crippen LogP contribution in [0, 0.1) is 6.92 Å². The van der Waals surface area contributed by atoms with Crippen LogP contribution in [0.4, 0.5) is 0 Å². The molecule has 0 aliphatic heterocycles. The molecule has 0 aliphatic carbocycles. The number of carboxylic acid groups (broad SMARTS) is 1. The number of carbonyl (C=O) groups is 1. The summed E-state index contributed by atoms with van der Waals surface area (Å²) in [6.07, 6.45) is 3.57. The number of hydrogen-bond donors (Lipinski definition) is 1. The van der Waals surface area contributed by atoms with Gasteiger partial charge in [0.15, 0.2) is 0 Å². The predicted octanol–water partition coefficient (Wildman–Crippen LogP) is 3.91. The highest BCUT2D eigenvalue weighted by atomic mass is 16.4. The Labute approximate surface area is 116 Å². The minimum Gasteiger partial charge on any atom is -0.478 e. The number of aryl methyl sites for hydroxylation is 1. The van der Waals surface area contributed by atoms with E-state index < -0.39 is 5.97 Å². The van der Waals surface area contributed by atoms with E-state index in [1.807, 2.05) is 43.5 Å². The van der Waals surface area contributed by atoms with E-state index >= 15 is 0 Å². The molecule has 3 heteroatoms. The number of fused-ring (bicyclic) bond motifs is 1. The van der Waals surface area contributed by atoms with Crippen LogP contribution >= 0.6 is 0 Å². The molecule has 3 rings (SSSR count). The summed E-state index contributed by atoms with van der Waals surface area (Å²) in [5.74, 6) is -0.912. The first-order chi connectivity index (χ1) is 9.66. The van der Waals surface area contributed by atoms with Gasteiger partial charge in [-0.2, -0.15) is 0 Å². The number of aromatic carboxylic acids is 1. The summed E-state index contributed by atoms with van der Waals surface area (Å²) in [7, 11) is 0. The quantitative estimate of drug-likeness (QED) is 0.762. The summed E-state index contributed by atoms with van der Waals surface area (Å²) in [5, 5.41) is 11.3. The van der Waals surface area contributed by atoms with E-state index in [-0.39, 0.29) is 0 Å². The first kappa shape index (κ1) is 12.4. The van der Waals surface area contributed by atoms with Crippen LogP contribution in [0.2, 0.25) is 0 Å². The van der Waals surface area contributed by atoms with Crippen LogP contribution in [0.3, 0.4) is 0 Å². The molecule has 3 aromatic rings. The number of benzene rings is 2. The largest absolute Gasteiger partial charge is 0.478 e. The van der Waals surface area contributed by atoms with Gasteiger partial charge in [0.1, 0.15) is 0 Å². The van der Waals surface area contributed by atoms with Crippen molar-refractivity contribution in [1.29, 1.82) is 0 Å². The van der Waals surface area contributed by atoms with Crippen molar-refractivity contribution in [3.05, 3.63) is 66.0 Å². The third-order valence-electron chi connectivity index (χ3n) is 3.46. The van der Waals surface area contributed by atoms with E-state index in [1.165, 1.54) is 0 Å². The normalized spacial score (nSPS) is 10.7. The Morgan fingerprint density at radius 1 is 1.10 bits per heavy atom. The van der Waals surface area contributed by atoms with E-state index in [4.69, 9.17) is 5.11 Å². The van der Waals surface area contributed by atoms with E-state index in [2.05, 4.69) is 4.98 Å². The highest BCUT2D eigenvalue weighted by Crippen LogP contribution is 2.31. The lowest BCUT2D eigenvalue weighted by Gasteiger charge is -2.10. The van der Waals surface area contributed by atoms with Crippen molar-refractivity contribution >= 4 is 16.7 Å². The van der Waals surface area contributed by atoms with Crippen molar-refractivity contribution in [1.82, 2.24) is 4.98 Å². The second kappa shape index (κ2) is 4.78. The smallest absolute Gasteiger partial charge is 0.335 e. The average Bonchev–Trinajstić information content (AvgIpc) is 2.47. The number of pyridine rings is 1. The minimum absolute atomic E-state index is 0.298. The van der Waals surface area contributed by atoms with Gasteiger partial charge < -0.3 is 5.11 Å². The number of rotatable bonds is 2. The molecule has 20 heavy (non-hydrogen) atoms. The molecule has 0 unspecified atom stereocenters. The van der Waals surface area contributed by atoms with Crippen LogP contribution in [0.5, 0.6) is 0 Å². The number of nitrogens with zero attached hydrogens (tertiary/aromatic N) is 1. The van der Waals surface area contributed by atoms with Crippen molar-refractivity contribution in [3.8, 4) is 11.1 Å². The van der Waals surface area contributed by atoms with E-state index in [9.17, 15) is 4.79 Å². The molecular formula is C17H13NO2. The lowest BCUT2D eigenvalue weighted by molar-refractivity contribution is 0.0697. The molecule has 0 atom stereocenters. The number of hydrogen-bond acceptors (Lipinski definition) is 2. The van der Waals surface area contributed by atoms with Gasteiger partial charge in [0, 0.05) is 17.8 Å². The van der Waals surface area contributed by atoms with Crippen LogP contribution in [-0.4, -0.2) is 16.1 Å². The van der Waals surface area contributed by atoms with Gasteiger partial charge in [0.05, 0.1) is 5.56 Å². The van der Waals surface area contributed by atoms with Crippen LogP contribution < -0.4 is 0 Å². The molecule has 1 N–H and O–H groups in total. The first-order valence-corrected chi connectivity index (χ1v) is 6.34. The molecule has 0 spiro atoms. The summed E-state index contributed by atoms with van der Waals surface area (Å²) in [6.45, 7) is 1.98. The van der Waals surface area contributed by atoms with Gasteiger partial charge in [0.2, 0.25) is 0 Å². The second-order valence-electron chi connectivity index (χ2n) is 4.74. The third-order valence-corrected chi connectivity index (χ3v) is 3.46. The molecule has 1 heterocycles. The zero-order chi connectivity index (χ0) is 14.1. The fraction of sp³-hybridized carbons (Fsp3) is 0.0588. The van der Waals surface area contributed by atoms with Crippen molar-refractivity contribution < 1.29 is 9.90 Å². The van der Waals surface area contributed by atoms with Crippen LogP contribution in [0.15, 0.2) is 54.9 Å². The van der Waals surface area contributed by atoms with Gasteiger partial charge >= 0.3 is 5.97 Å². The average molecular weight is 263 g/mol. The molecule has 2 aromatic carbocycles. The Hall–Kier alpha value is -2.68. The minimum atomic E-state index is -0.912. The van der Waals surface area contributed by atoms with Crippen molar-refractivity contribution in [2.24, 2.45) is 0 Å².